The molecule has 1 heterocycles. The minimum absolute atomic E-state index is 0.112. The third-order valence-corrected chi connectivity index (χ3v) is 8.33. The van der Waals surface area contributed by atoms with E-state index in [1.54, 1.807) is 32.2 Å². The van der Waals surface area contributed by atoms with Crippen molar-refractivity contribution >= 4 is 20.9 Å². The molecule has 0 radical (unpaired) electrons. The molecule has 1 saturated carbocycles. The molecular formula is C21H24FNO3S. The van der Waals surface area contributed by atoms with Gasteiger partial charge in [0.15, 0.2) is 0 Å². The van der Waals surface area contributed by atoms with Crippen molar-refractivity contribution in [3.63, 3.8) is 0 Å². The van der Waals surface area contributed by atoms with E-state index in [2.05, 4.69) is 0 Å². The summed E-state index contributed by atoms with van der Waals surface area (Å²) in [7, 11) is -2.10. The van der Waals surface area contributed by atoms with E-state index in [0.29, 0.717) is 23.8 Å². The molecule has 2 aromatic rings. The van der Waals surface area contributed by atoms with Gasteiger partial charge in [-0.05, 0) is 56.7 Å². The lowest BCUT2D eigenvalue weighted by atomic mass is 9.72. The maximum absolute atomic E-state index is 14.3. The standard InChI is InChI=1S/C21H24FNO3S/c1-14-13-21(2,9-7-18(14)16-11-17(12-16)26-3)27(24,25)23-10-8-15-5-4-6-19(22)20(15)23/h4-8,10,13,16-17H,9,11-12H2,1-3H3. The van der Waals surface area contributed by atoms with Crippen LogP contribution in [0.5, 0.6) is 0 Å². The Hall–Kier alpha value is -1.92. The predicted octanol–water partition coefficient (Wildman–Crippen LogP) is 4.42. The van der Waals surface area contributed by atoms with Gasteiger partial charge in [-0.1, -0.05) is 29.9 Å². The molecule has 0 saturated heterocycles. The summed E-state index contributed by atoms with van der Waals surface area (Å²) in [6.45, 7) is 3.68. The highest BCUT2D eigenvalue weighted by Gasteiger charge is 2.42. The molecule has 4 rings (SSSR count). The summed E-state index contributed by atoms with van der Waals surface area (Å²) >= 11 is 0. The molecule has 0 spiro atoms. The van der Waals surface area contributed by atoms with Gasteiger partial charge in [-0.15, -0.1) is 0 Å². The van der Waals surface area contributed by atoms with Crippen LogP contribution in [0.15, 0.2) is 53.8 Å². The summed E-state index contributed by atoms with van der Waals surface area (Å²) in [4.78, 5) is 0. The molecule has 0 aliphatic heterocycles. The number of fused-ring (bicyclic) bond motifs is 1. The summed E-state index contributed by atoms with van der Waals surface area (Å²) < 4.78 is 46.6. The molecule has 144 valence electrons. The zero-order valence-electron chi connectivity index (χ0n) is 15.8. The van der Waals surface area contributed by atoms with Gasteiger partial charge in [0, 0.05) is 18.7 Å². The second kappa shape index (κ2) is 6.31. The number of hydrogen-bond donors (Lipinski definition) is 0. The molecule has 6 heteroatoms. The van der Waals surface area contributed by atoms with Gasteiger partial charge in [0.2, 0.25) is 10.0 Å². The van der Waals surface area contributed by atoms with Crippen LogP contribution >= 0.6 is 0 Å². The molecule has 2 aliphatic carbocycles. The molecule has 2 aliphatic rings. The topological polar surface area (TPSA) is 48.3 Å². The van der Waals surface area contributed by atoms with Crippen LogP contribution in [-0.2, 0) is 14.8 Å². The van der Waals surface area contributed by atoms with Crippen molar-refractivity contribution < 1.29 is 17.5 Å². The number of benzene rings is 1. The molecule has 1 unspecified atom stereocenters. The highest BCUT2D eigenvalue weighted by atomic mass is 32.2. The highest BCUT2D eigenvalue weighted by Crippen LogP contribution is 2.43. The van der Waals surface area contributed by atoms with Crippen molar-refractivity contribution in [3.8, 4) is 0 Å². The minimum Gasteiger partial charge on any atom is -0.381 e. The second-order valence-corrected chi connectivity index (χ2v) is 10.1. The number of allylic oxidation sites excluding steroid dienone is 3. The molecular weight excluding hydrogens is 365 g/mol. The maximum Gasteiger partial charge on any atom is 0.248 e. The van der Waals surface area contributed by atoms with Crippen molar-refractivity contribution in [1.82, 2.24) is 3.97 Å². The Kier molecular flexibility index (Phi) is 4.31. The second-order valence-electron chi connectivity index (χ2n) is 7.82. The Morgan fingerprint density at radius 1 is 1.26 bits per heavy atom. The number of ether oxygens (including phenoxy) is 1. The van der Waals surface area contributed by atoms with Gasteiger partial charge in [-0.25, -0.2) is 16.8 Å². The average molecular weight is 389 g/mol. The summed E-state index contributed by atoms with van der Waals surface area (Å²) in [5, 5.41) is 0.579. The third kappa shape index (κ3) is 2.77. The SMILES string of the molecule is COC1CC(C2=CCC(C)(S(=O)(=O)n3ccc4cccc(F)c43)C=C2C)C1. The van der Waals surface area contributed by atoms with E-state index in [0.717, 1.165) is 22.4 Å². The van der Waals surface area contributed by atoms with E-state index >= 15 is 0 Å². The quantitative estimate of drug-likeness (QED) is 0.778. The Bertz CT molecular complexity index is 1060. The van der Waals surface area contributed by atoms with Gasteiger partial charge >= 0.3 is 0 Å². The lowest BCUT2D eigenvalue weighted by Gasteiger charge is -2.39. The Balaban J connectivity index is 1.69. The monoisotopic (exact) mass is 389 g/mol. The molecule has 1 aromatic carbocycles. The third-order valence-electron chi connectivity index (χ3n) is 6.05. The van der Waals surface area contributed by atoms with Crippen LogP contribution in [-0.4, -0.2) is 30.4 Å². The molecule has 1 atom stereocenters. The Morgan fingerprint density at radius 3 is 2.67 bits per heavy atom. The van der Waals surface area contributed by atoms with Gasteiger partial charge in [-0.3, -0.25) is 0 Å². The number of methoxy groups -OCH3 is 1. The predicted molar refractivity (Wildman–Crippen MR) is 105 cm³/mol. The molecule has 0 N–H and O–H groups in total. The van der Waals surface area contributed by atoms with Crippen LogP contribution in [0.3, 0.4) is 0 Å². The minimum atomic E-state index is -3.82. The van der Waals surface area contributed by atoms with Gasteiger partial charge in [0.1, 0.15) is 10.6 Å². The molecule has 0 amide bonds. The van der Waals surface area contributed by atoms with Crippen molar-refractivity contribution in [3.05, 3.63) is 59.6 Å². The maximum atomic E-state index is 14.3. The lowest BCUT2D eigenvalue weighted by molar-refractivity contribution is 0.0134. The van der Waals surface area contributed by atoms with Gasteiger partial charge < -0.3 is 4.74 Å². The normalized spacial score (nSPS) is 28.6. The zero-order valence-corrected chi connectivity index (χ0v) is 16.6. The summed E-state index contributed by atoms with van der Waals surface area (Å²) in [6, 6.07) is 6.23. The van der Waals surface area contributed by atoms with Gasteiger partial charge in [0.25, 0.3) is 0 Å². The van der Waals surface area contributed by atoms with E-state index in [1.165, 1.54) is 17.8 Å². The first-order valence-electron chi connectivity index (χ1n) is 9.20. The van der Waals surface area contributed by atoms with Crippen molar-refractivity contribution in [1.29, 1.82) is 0 Å². The van der Waals surface area contributed by atoms with E-state index < -0.39 is 20.6 Å². The van der Waals surface area contributed by atoms with Crippen LogP contribution in [0.25, 0.3) is 10.9 Å². The average Bonchev–Trinajstić information content (AvgIpc) is 3.02. The number of rotatable bonds is 4. The molecule has 1 aromatic heterocycles. The number of hydrogen-bond acceptors (Lipinski definition) is 3. The van der Waals surface area contributed by atoms with Gasteiger partial charge in [-0.2, -0.15) is 0 Å². The van der Waals surface area contributed by atoms with Crippen LogP contribution in [0, 0.1) is 11.7 Å². The van der Waals surface area contributed by atoms with E-state index in [1.807, 2.05) is 19.1 Å². The summed E-state index contributed by atoms with van der Waals surface area (Å²) in [5.74, 6) is -0.0965. The van der Waals surface area contributed by atoms with Crippen LogP contribution in [0.4, 0.5) is 4.39 Å². The van der Waals surface area contributed by atoms with E-state index in [4.69, 9.17) is 4.74 Å². The van der Waals surface area contributed by atoms with Crippen molar-refractivity contribution in [2.45, 2.75) is 44.0 Å². The smallest absolute Gasteiger partial charge is 0.248 e. The molecule has 1 fully saturated rings. The molecule has 4 nitrogen and oxygen atoms in total. The van der Waals surface area contributed by atoms with E-state index in [9.17, 15) is 12.8 Å². The van der Waals surface area contributed by atoms with Crippen LogP contribution < -0.4 is 0 Å². The van der Waals surface area contributed by atoms with Crippen LogP contribution in [0.2, 0.25) is 0 Å². The van der Waals surface area contributed by atoms with Gasteiger partial charge in [0.05, 0.1) is 11.6 Å². The lowest BCUT2D eigenvalue weighted by Crippen LogP contribution is -2.40. The summed E-state index contributed by atoms with van der Waals surface area (Å²) in [5.41, 5.74) is 2.32. The zero-order chi connectivity index (χ0) is 19.4. The number of nitrogens with zero attached hydrogens (tertiary/aromatic N) is 1. The first kappa shape index (κ1) is 18.4. The fourth-order valence-corrected chi connectivity index (χ4v) is 6.02. The number of aromatic nitrogens is 1. The van der Waals surface area contributed by atoms with Crippen molar-refractivity contribution in [2.24, 2.45) is 5.92 Å². The molecule has 0 bridgehead atoms. The fraction of sp³-hybridized carbons (Fsp3) is 0.429. The highest BCUT2D eigenvalue weighted by molar-refractivity contribution is 7.91. The Morgan fingerprint density at radius 2 is 2.00 bits per heavy atom. The summed E-state index contributed by atoms with van der Waals surface area (Å²) in [6.07, 6.45) is 7.97. The number of para-hydroxylation sites is 1. The molecule has 27 heavy (non-hydrogen) atoms. The van der Waals surface area contributed by atoms with Crippen molar-refractivity contribution in [2.75, 3.05) is 7.11 Å². The van der Waals surface area contributed by atoms with Crippen LogP contribution in [0.1, 0.15) is 33.1 Å². The Labute approximate surface area is 159 Å². The van der Waals surface area contributed by atoms with E-state index in [-0.39, 0.29) is 5.52 Å². The first-order valence-corrected chi connectivity index (χ1v) is 10.6. The number of halogens is 1. The first-order chi connectivity index (χ1) is 12.8. The fourth-order valence-electron chi connectivity index (χ4n) is 4.30. The largest absolute Gasteiger partial charge is 0.381 e.